The van der Waals surface area contributed by atoms with Crippen molar-refractivity contribution in [3.05, 3.63) is 35.1 Å². The standard InChI is InChI=1S/C10H9F6N/c11-8-5(6(4-17)9(12)13)2-1-3-7(8)10(14,15)16/h1-3,6,9H,4,17H2. The first-order chi connectivity index (χ1) is 7.79. The third-order valence-corrected chi connectivity index (χ3v) is 2.29. The largest absolute Gasteiger partial charge is 0.419 e. The van der Waals surface area contributed by atoms with Gasteiger partial charge in [0, 0.05) is 6.54 Å². The molecule has 1 aromatic rings. The third kappa shape index (κ3) is 2.91. The van der Waals surface area contributed by atoms with E-state index in [0.717, 1.165) is 12.1 Å². The summed E-state index contributed by atoms with van der Waals surface area (Å²) in [4.78, 5) is 0. The Bertz CT molecular complexity index is 387. The number of nitrogens with two attached hydrogens (primary N) is 1. The van der Waals surface area contributed by atoms with Gasteiger partial charge in [-0.15, -0.1) is 0 Å². The van der Waals surface area contributed by atoms with Crippen molar-refractivity contribution < 1.29 is 26.3 Å². The first kappa shape index (κ1) is 13.8. The fourth-order valence-corrected chi connectivity index (χ4v) is 1.42. The highest BCUT2D eigenvalue weighted by Gasteiger charge is 2.36. The Kier molecular flexibility index (Phi) is 4.03. The number of hydrogen-bond acceptors (Lipinski definition) is 1. The van der Waals surface area contributed by atoms with Crippen molar-refractivity contribution in [2.45, 2.75) is 18.5 Å². The van der Waals surface area contributed by atoms with Crippen LogP contribution in [0.25, 0.3) is 0 Å². The summed E-state index contributed by atoms with van der Waals surface area (Å²) >= 11 is 0. The maximum absolute atomic E-state index is 13.5. The second-order valence-electron chi connectivity index (χ2n) is 3.38. The van der Waals surface area contributed by atoms with Gasteiger partial charge in [-0.05, 0) is 11.6 Å². The van der Waals surface area contributed by atoms with Gasteiger partial charge in [0.05, 0.1) is 11.5 Å². The van der Waals surface area contributed by atoms with E-state index in [0.29, 0.717) is 6.07 Å². The molecular formula is C10H9F6N. The Morgan fingerprint density at radius 1 is 1.18 bits per heavy atom. The van der Waals surface area contributed by atoms with Crippen LogP contribution in [0.2, 0.25) is 0 Å². The molecule has 0 saturated carbocycles. The van der Waals surface area contributed by atoms with Crippen molar-refractivity contribution in [1.29, 1.82) is 0 Å². The van der Waals surface area contributed by atoms with Crippen molar-refractivity contribution in [2.75, 3.05) is 6.54 Å². The number of benzene rings is 1. The van der Waals surface area contributed by atoms with Crippen LogP contribution in [0.1, 0.15) is 17.0 Å². The maximum Gasteiger partial charge on any atom is 0.419 e. The molecule has 0 bridgehead atoms. The third-order valence-electron chi connectivity index (χ3n) is 2.29. The van der Waals surface area contributed by atoms with Crippen molar-refractivity contribution in [3.63, 3.8) is 0 Å². The molecule has 2 N–H and O–H groups in total. The molecule has 0 aliphatic carbocycles. The first-order valence-corrected chi connectivity index (χ1v) is 4.62. The van der Waals surface area contributed by atoms with Crippen LogP contribution >= 0.6 is 0 Å². The SMILES string of the molecule is NCC(c1cccc(C(F)(F)F)c1F)C(F)F. The van der Waals surface area contributed by atoms with E-state index in [1.165, 1.54) is 0 Å². The quantitative estimate of drug-likeness (QED) is 0.827. The molecule has 1 aromatic carbocycles. The summed E-state index contributed by atoms with van der Waals surface area (Å²) in [6.45, 7) is -0.629. The highest BCUT2D eigenvalue weighted by molar-refractivity contribution is 5.31. The van der Waals surface area contributed by atoms with Crippen LogP contribution in [0.4, 0.5) is 26.3 Å². The minimum absolute atomic E-state index is 0.498. The van der Waals surface area contributed by atoms with Gasteiger partial charge in [0.1, 0.15) is 5.82 Å². The fraction of sp³-hybridized carbons (Fsp3) is 0.400. The lowest BCUT2D eigenvalue weighted by atomic mass is 9.96. The van der Waals surface area contributed by atoms with E-state index in [1.807, 2.05) is 0 Å². The Morgan fingerprint density at radius 3 is 2.18 bits per heavy atom. The zero-order valence-corrected chi connectivity index (χ0v) is 8.44. The fourth-order valence-electron chi connectivity index (χ4n) is 1.42. The zero-order valence-electron chi connectivity index (χ0n) is 8.44. The molecule has 0 spiro atoms. The lowest BCUT2D eigenvalue weighted by Gasteiger charge is -2.17. The number of hydrogen-bond donors (Lipinski definition) is 1. The Morgan fingerprint density at radius 2 is 1.76 bits per heavy atom. The molecule has 7 heteroatoms. The summed E-state index contributed by atoms with van der Waals surface area (Å²) in [5.41, 5.74) is 2.73. The average Bonchev–Trinajstić information content (AvgIpc) is 2.19. The number of halogens is 6. The van der Waals surface area contributed by atoms with Gasteiger partial charge < -0.3 is 5.73 Å². The van der Waals surface area contributed by atoms with E-state index in [-0.39, 0.29) is 0 Å². The summed E-state index contributed by atoms with van der Waals surface area (Å²) in [6.07, 6.45) is -7.93. The predicted octanol–water partition coefficient (Wildman–Crippen LogP) is 3.15. The molecule has 17 heavy (non-hydrogen) atoms. The van der Waals surface area contributed by atoms with Crippen LogP contribution < -0.4 is 5.73 Å². The lowest BCUT2D eigenvalue weighted by molar-refractivity contribution is -0.140. The molecular weight excluding hydrogens is 248 g/mol. The van der Waals surface area contributed by atoms with Gasteiger partial charge in [-0.25, -0.2) is 13.2 Å². The summed E-state index contributed by atoms with van der Waals surface area (Å²) in [5.74, 6) is -3.42. The van der Waals surface area contributed by atoms with E-state index in [2.05, 4.69) is 0 Å². The second-order valence-corrected chi connectivity index (χ2v) is 3.38. The van der Waals surface area contributed by atoms with Gasteiger partial charge in [-0.3, -0.25) is 0 Å². The molecule has 0 amide bonds. The van der Waals surface area contributed by atoms with E-state index in [4.69, 9.17) is 5.73 Å². The van der Waals surface area contributed by atoms with Crippen LogP contribution in [0.15, 0.2) is 18.2 Å². The van der Waals surface area contributed by atoms with Gasteiger partial charge in [-0.2, -0.15) is 13.2 Å². The minimum Gasteiger partial charge on any atom is -0.330 e. The van der Waals surface area contributed by atoms with Gasteiger partial charge in [0.2, 0.25) is 6.43 Å². The van der Waals surface area contributed by atoms with E-state index in [9.17, 15) is 26.3 Å². The van der Waals surface area contributed by atoms with Crippen molar-refractivity contribution >= 4 is 0 Å². The van der Waals surface area contributed by atoms with Crippen molar-refractivity contribution in [1.82, 2.24) is 0 Å². The van der Waals surface area contributed by atoms with E-state index < -0.39 is 42.0 Å². The molecule has 1 unspecified atom stereocenters. The van der Waals surface area contributed by atoms with Crippen molar-refractivity contribution in [3.8, 4) is 0 Å². The second kappa shape index (κ2) is 4.95. The molecule has 0 aliphatic rings. The van der Waals surface area contributed by atoms with Gasteiger partial charge in [-0.1, -0.05) is 12.1 Å². The molecule has 96 valence electrons. The molecule has 0 saturated heterocycles. The van der Waals surface area contributed by atoms with Crippen LogP contribution in [0, 0.1) is 5.82 Å². The summed E-state index contributed by atoms with van der Waals surface area (Å²) < 4.78 is 75.4. The summed E-state index contributed by atoms with van der Waals surface area (Å²) in [6, 6.07) is 2.26. The highest BCUT2D eigenvalue weighted by Crippen LogP contribution is 2.35. The molecule has 0 fully saturated rings. The highest BCUT2D eigenvalue weighted by atomic mass is 19.4. The van der Waals surface area contributed by atoms with E-state index >= 15 is 0 Å². The molecule has 1 atom stereocenters. The average molecular weight is 257 g/mol. The molecule has 1 nitrogen and oxygen atoms in total. The van der Waals surface area contributed by atoms with Crippen LogP contribution in [-0.4, -0.2) is 13.0 Å². The lowest BCUT2D eigenvalue weighted by Crippen LogP contribution is -2.22. The van der Waals surface area contributed by atoms with Crippen LogP contribution in [0.5, 0.6) is 0 Å². The van der Waals surface area contributed by atoms with Crippen LogP contribution in [-0.2, 0) is 6.18 Å². The first-order valence-electron chi connectivity index (χ1n) is 4.62. The van der Waals surface area contributed by atoms with E-state index in [1.54, 1.807) is 0 Å². The summed E-state index contributed by atoms with van der Waals surface area (Å²) in [7, 11) is 0. The van der Waals surface area contributed by atoms with Crippen LogP contribution in [0.3, 0.4) is 0 Å². The normalized spacial score (nSPS) is 14.1. The number of rotatable bonds is 3. The van der Waals surface area contributed by atoms with Crippen molar-refractivity contribution in [2.24, 2.45) is 5.73 Å². The van der Waals surface area contributed by atoms with Gasteiger partial charge in [0.15, 0.2) is 0 Å². The molecule has 0 heterocycles. The Labute approximate surface area is 93.2 Å². The molecule has 0 aliphatic heterocycles. The number of alkyl halides is 5. The van der Waals surface area contributed by atoms with Gasteiger partial charge >= 0.3 is 6.18 Å². The topological polar surface area (TPSA) is 26.0 Å². The Hall–Kier alpha value is -1.24. The molecule has 0 aromatic heterocycles. The zero-order chi connectivity index (χ0) is 13.2. The Balaban J connectivity index is 3.27. The molecule has 0 radical (unpaired) electrons. The smallest absolute Gasteiger partial charge is 0.330 e. The van der Waals surface area contributed by atoms with Gasteiger partial charge in [0.25, 0.3) is 0 Å². The minimum atomic E-state index is -4.92. The maximum atomic E-state index is 13.5. The predicted molar refractivity (Wildman–Crippen MR) is 49.2 cm³/mol. The summed E-state index contributed by atoms with van der Waals surface area (Å²) in [5, 5.41) is 0. The molecule has 1 rings (SSSR count). The monoisotopic (exact) mass is 257 g/mol.